The van der Waals surface area contributed by atoms with Crippen molar-refractivity contribution in [1.29, 1.82) is 0 Å². The molecule has 3 aromatic rings. The molecule has 2 aromatic heterocycles. The SMILES string of the molecule is Nc1cccc(-n2ccc(C(=O)NCc3ncn[nH]3)n2)c1. The molecule has 8 heteroatoms. The summed E-state index contributed by atoms with van der Waals surface area (Å²) >= 11 is 0. The number of H-pyrrole nitrogens is 1. The predicted octanol–water partition coefficient (Wildman–Crippen LogP) is 0.503. The monoisotopic (exact) mass is 283 g/mol. The fraction of sp³-hybridized carbons (Fsp3) is 0.0769. The first-order valence-corrected chi connectivity index (χ1v) is 6.26. The molecule has 1 amide bonds. The Hall–Kier alpha value is -3.16. The largest absolute Gasteiger partial charge is 0.399 e. The molecule has 3 rings (SSSR count). The van der Waals surface area contributed by atoms with Crippen molar-refractivity contribution < 1.29 is 4.79 Å². The number of anilines is 1. The lowest BCUT2D eigenvalue weighted by molar-refractivity contribution is 0.0944. The molecular weight excluding hydrogens is 270 g/mol. The quantitative estimate of drug-likeness (QED) is 0.603. The molecule has 2 heterocycles. The molecule has 0 spiro atoms. The van der Waals surface area contributed by atoms with Crippen molar-refractivity contribution in [1.82, 2.24) is 30.3 Å². The summed E-state index contributed by atoms with van der Waals surface area (Å²) < 4.78 is 1.60. The fourth-order valence-electron chi connectivity index (χ4n) is 1.83. The van der Waals surface area contributed by atoms with E-state index in [-0.39, 0.29) is 12.5 Å². The number of aromatic amines is 1. The summed E-state index contributed by atoms with van der Waals surface area (Å²) in [7, 11) is 0. The molecule has 0 aliphatic heterocycles. The van der Waals surface area contributed by atoms with Crippen LogP contribution in [0.2, 0.25) is 0 Å². The van der Waals surface area contributed by atoms with Gasteiger partial charge in [-0.15, -0.1) is 0 Å². The fourth-order valence-corrected chi connectivity index (χ4v) is 1.83. The number of carbonyl (C=O) groups excluding carboxylic acids is 1. The van der Waals surface area contributed by atoms with E-state index in [9.17, 15) is 4.79 Å². The van der Waals surface area contributed by atoms with Gasteiger partial charge >= 0.3 is 0 Å². The molecule has 0 radical (unpaired) electrons. The number of carbonyl (C=O) groups is 1. The first-order valence-electron chi connectivity index (χ1n) is 6.26. The summed E-state index contributed by atoms with van der Waals surface area (Å²) in [4.78, 5) is 15.9. The van der Waals surface area contributed by atoms with E-state index in [0.717, 1.165) is 5.69 Å². The molecule has 0 saturated carbocycles. The average Bonchev–Trinajstić information content (AvgIpc) is 3.16. The third-order valence-electron chi connectivity index (χ3n) is 2.84. The van der Waals surface area contributed by atoms with E-state index in [2.05, 4.69) is 25.6 Å². The van der Waals surface area contributed by atoms with Gasteiger partial charge in [0.2, 0.25) is 0 Å². The van der Waals surface area contributed by atoms with Gasteiger partial charge in [0.1, 0.15) is 12.2 Å². The molecule has 106 valence electrons. The number of nitrogen functional groups attached to an aromatic ring is 1. The van der Waals surface area contributed by atoms with E-state index in [4.69, 9.17) is 5.73 Å². The average molecular weight is 283 g/mol. The molecule has 0 unspecified atom stereocenters. The first kappa shape index (κ1) is 12.9. The van der Waals surface area contributed by atoms with E-state index in [1.165, 1.54) is 6.33 Å². The maximum atomic E-state index is 12.0. The van der Waals surface area contributed by atoms with Gasteiger partial charge in [0, 0.05) is 11.9 Å². The van der Waals surface area contributed by atoms with E-state index < -0.39 is 0 Å². The van der Waals surface area contributed by atoms with Crippen molar-refractivity contribution in [3.63, 3.8) is 0 Å². The Labute approximate surface area is 120 Å². The topological polar surface area (TPSA) is 115 Å². The summed E-state index contributed by atoms with van der Waals surface area (Å²) in [5.41, 5.74) is 7.48. The van der Waals surface area contributed by atoms with Crippen LogP contribution in [0.5, 0.6) is 0 Å². The summed E-state index contributed by atoms with van der Waals surface area (Å²) in [5, 5.41) is 13.3. The Bertz CT molecular complexity index is 747. The smallest absolute Gasteiger partial charge is 0.272 e. The number of amides is 1. The van der Waals surface area contributed by atoms with Crippen molar-refractivity contribution in [2.24, 2.45) is 0 Å². The summed E-state index contributed by atoms with van der Waals surface area (Å²) in [6, 6.07) is 8.90. The van der Waals surface area contributed by atoms with Crippen molar-refractivity contribution in [2.45, 2.75) is 6.54 Å². The van der Waals surface area contributed by atoms with Crippen LogP contribution in [-0.2, 0) is 6.54 Å². The van der Waals surface area contributed by atoms with Crippen LogP contribution in [0.1, 0.15) is 16.3 Å². The molecule has 0 saturated heterocycles. The van der Waals surface area contributed by atoms with E-state index >= 15 is 0 Å². The maximum Gasteiger partial charge on any atom is 0.272 e. The lowest BCUT2D eigenvalue weighted by Crippen LogP contribution is -2.24. The number of aromatic nitrogens is 5. The number of nitrogens with two attached hydrogens (primary N) is 1. The molecule has 8 nitrogen and oxygen atoms in total. The van der Waals surface area contributed by atoms with Crippen LogP contribution < -0.4 is 11.1 Å². The van der Waals surface area contributed by atoms with Gasteiger partial charge in [-0.25, -0.2) is 9.67 Å². The minimum Gasteiger partial charge on any atom is -0.399 e. The van der Waals surface area contributed by atoms with E-state index in [1.54, 1.807) is 29.1 Å². The molecule has 0 aliphatic rings. The van der Waals surface area contributed by atoms with Crippen LogP contribution >= 0.6 is 0 Å². The Kier molecular flexibility index (Phi) is 3.34. The second-order valence-electron chi connectivity index (χ2n) is 4.36. The molecule has 0 bridgehead atoms. The van der Waals surface area contributed by atoms with Crippen LogP contribution in [0, 0.1) is 0 Å². The zero-order chi connectivity index (χ0) is 14.7. The standard InChI is InChI=1S/C13H13N7O/c14-9-2-1-3-10(6-9)20-5-4-11(19-20)13(21)15-7-12-16-8-17-18-12/h1-6,8H,7,14H2,(H,15,21)(H,16,17,18). The van der Waals surface area contributed by atoms with Gasteiger partial charge in [-0.1, -0.05) is 6.07 Å². The molecule has 0 fully saturated rings. The summed E-state index contributed by atoms with van der Waals surface area (Å²) in [5.74, 6) is 0.299. The molecule has 4 N–H and O–H groups in total. The number of rotatable bonds is 4. The lowest BCUT2D eigenvalue weighted by atomic mass is 10.3. The summed E-state index contributed by atoms with van der Waals surface area (Å²) in [6.45, 7) is 0.268. The van der Waals surface area contributed by atoms with Crippen molar-refractivity contribution in [3.8, 4) is 5.69 Å². The number of nitrogens with zero attached hydrogens (tertiary/aromatic N) is 4. The van der Waals surface area contributed by atoms with Gasteiger partial charge in [0.25, 0.3) is 5.91 Å². The Morgan fingerprint density at radius 3 is 3.05 bits per heavy atom. The van der Waals surface area contributed by atoms with Crippen LogP contribution in [0.4, 0.5) is 5.69 Å². The zero-order valence-electron chi connectivity index (χ0n) is 11.0. The number of nitrogens with one attached hydrogen (secondary N) is 2. The highest BCUT2D eigenvalue weighted by Crippen LogP contribution is 2.11. The second-order valence-corrected chi connectivity index (χ2v) is 4.36. The molecule has 0 aliphatic carbocycles. The highest BCUT2D eigenvalue weighted by Gasteiger charge is 2.10. The highest BCUT2D eigenvalue weighted by molar-refractivity contribution is 5.92. The molecular formula is C13H13N7O. The molecule has 1 aromatic carbocycles. The second kappa shape index (κ2) is 5.45. The van der Waals surface area contributed by atoms with Crippen LogP contribution in [0.15, 0.2) is 42.9 Å². The van der Waals surface area contributed by atoms with Crippen molar-refractivity contribution in [2.75, 3.05) is 5.73 Å². The van der Waals surface area contributed by atoms with Gasteiger partial charge < -0.3 is 11.1 Å². The van der Waals surface area contributed by atoms with Crippen LogP contribution in [-0.4, -0.2) is 30.9 Å². The highest BCUT2D eigenvalue weighted by atomic mass is 16.1. The minimum absolute atomic E-state index is 0.268. The number of hydrogen-bond acceptors (Lipinski definition) is 5. The van der Waals surface area contributed by atoms with Gasteiger partial charge in [-0.2, -0.15) is 10.2 Å². The van der Waals surface area contributed by atoms with Crippen molar-refractivity contribution >= 4 is 11.6 Å². The van der Waals surface area contributed by atoms with Gasteiger partial charge in [-0.05, 0) is 24.3 Å². The molecule has 21 heavy (non-hydrogen) atoms. The minimum atomic E-state index is -0.283. The van der Waals surface area contributed by atoms with Gasteiger partial charge in [0.15, 0.2) is 5.69 Å². The third-order valence-corrected chi connectivity index (χ3v) is 2.84. The normalized spacial score (nSPS) is 10.5. The Morgan fingerprint density at radius 1 is 1.38 bits per heavy atom. The van der Waals surface area contributed by atoms with Crippen LogP contribution in [0.25, 0.3) is 5.69 Å². The third kappa shape index (κ3) is 2.89. The van der Waals surface area contributed by atoms with Gasteiger partial charge in [0.05, 0.1) is 12.2 Å². The Morgan fingerprint density at radius 2 is 2.29 bits per heavy atom. The molecule has 0 atom stereocenters. The van der Waals surface area contributed by atoms with Crippen LogP contribution in [0.3, 0.4) is 0 Å². The van der Waals surface area contributed by atoms with E-state index in [1.807, 2.05) is 12.1 Å². The Balaban J connectivity index is 1.71. The first-order chi connectivity index (χ1) is 10.2. The van der Waals surface area contributed by atoms with Gasteiger partial charge in [-0.3, -0.25) is 9.89 Å². The number of benzene rings is 1. The predicted molar refractivity (Wildman–Crippen MR) is 75.5 cm³/mol. The lowest BCUT2D eigenvalue weighted by Gasteiger charge is -2.02. The zero-order valence-corrected chi connectivity index (χ0v) is 11.0. The van der Waals surface area contributed by atoms with E-state index in [0.29, 0.717) is 17.2 Å². The maximum absolute atomic E-state index is 12.0. The van der Waals surface area contributed by atoms with Crippen molar-refractivity contribution in [3.05, 3.63) is 54.4 Å². The number of hydrogen-bond donors (Lipinski definition) is 3. The summed E-state index contributed by atoms with van der Waals surface area (Å²) in [6.07, 6.45) is 3.09.